The zero-order valence-corrected chi connectivity index (χ0v) is 11.1. The number of rotatable bonds is 7. The fourth-order valence-corrected chi connectivity index (χ4v) is 1.87. The van der Waals surface area contributed by atoms with Gasteiger partial charge in [-0.15, -0.1) is 0 Å². The number of hydrogen-bond donors (Lipinski definition) is 2. The van der Waals surface area contributed by atoms with E-state index in [1.54, 1.807) is 11.8 Å². The molecule has 5 nitrogen and oxygen atoms in total. The molecule has 100 valence electrons. The Balaban J connectivity index is 4.53. The van der Waals surface area contributed by atoms with Gasteiger partial charge in [-0.1, -0.05) is 13.8 Å². The molecule has 0 aliphatic carbocycles. The second kappa shape index (κ2) is 7.27. The normalized spacial score (nSPS) is 14.5. The molecule has 0 aliphatic heterocycles. The minimum Gasteiger partial charge on any atom is -0.481 e. The summed E-state index contributed by atoms with van der Waals surface area (Å²) >= 11 is 0. The molecular weight excluding hydrogens is 220 g/mol. The molecule has 0 aromatic carbocycles. The summed E-state index contributed by atoms with van der Waals surface area (Å²) in [7, 11) is 0. The van der Waals surface area contributed by atoms with E-state index in [0.717, 1.165) is 0 Å². The molecule has 0 aliphatic rings. The topological polar surface area (TPSA) is 83.6 Å². The highest BCUT2D eigenvalue weighted by atomic mass is 16.4. The molecule has 0 saturated carbocycles. The molecule has 0 heterocycles. The van der Waals surface area contributed by atoms with Crippen LogP contribution in [0, 0.1) is 5.92 Å². The number of hydrogen-bond acceptors (Lipinski definition) is 3. The number of amides is 1. The Labute approximate surface area is 103 Å². The summed E-state index contributed by atoms with van der Waals surface area (Å²) in [6, 6.07) is -0.852. The van der Waals surface area contributed by atoms with Gasteiger partial charge in [0.25, 0.3) is 0 Å². The van der Waals surface area contributed by atoms with E-state index in [4.69, 9.17) is 10.8 Å². The van der Waals surface area contributed by atoms with Crippen LogP contribution in [0.2, 0.25) is 0 Å². The van der Waals surface area contributed by atoms with Crippen molar-refractivity contribution in [1.29, 1.82) is 0 Å². The molecule has 0 saturated heterocycles. The Morgan fingerprint density at radius 2 is 1.82 bits per heavy atom. The Kier molecular flexibility index (Phi) is 6.80. The van der Waals surface area contributed by atoms with Crippen molar-refractivity contribution < 1.29 is 14.7 Å². The lowest BCUT2D eigenvalue weighted by Gasteiger charge is -2.30. The fraction of sp³-hybridized carbons (Fsp3) is 0.833. The van der Waals surface area contributed by atoms with Crippen LogP contribution in [0.15, 0.2) is 0 Å². The Hall–Kier alpha value is -1.10. The summed E-state index contributed by atoms with van der Waals surface area (Å²) in [5.74, 6) is -0.710. The second-order valence-electron chi connectivity index (χ2n) is 4.81. The Bertz CT molecular complexity index is 266. The number of nitrogens with two attached hydrogens (primary N) is 1. The SMILES string of the molecule is CCN(C(=O)[C@@H](N)CC(C)C)C(C)CC(=O)O. The van der Waals surface area contributed by atoms with Crippen molar-refractivity contribution in [2.75, 3.05) is 6.54 Å². The number of carbonyl (C=O) groups is 2. The molecule has 0 radical (unpaired) electrons. The van der Waals surface area contributed by atoms with Crippen molar-refractivity contribution >= 4 is 11.9 Å². The molecule has 0 rings (SSSR count). The van der Waals surface area contributed by atoms with Crippen LogP contribution in [0.3, 0.4) is 0 Å². The molecule has 5 heteroatoms. The quantitative estimate of drug-likeness (QED) is 0.701. The van der Waals surface area contributed by atoms with Gasteiger partial charge in [-0.05, 0) is 26.2 Å². The van der Waals surface area contributed by atoms with E-state index >= 15 is 0 Å². The monoisotopic (exact) mass is 244 g/mol. The first kappa shape index (κ1) is 15.9. The van der Waals surface area contributed by atoms with E-state index in [2.05, 4.69) is 0 Å². The summed E-state index contributed by atoms with van der Waals surface area (Å²) in [6.07, 6.45) is 0.573. The van der Waals surface area contributed by atoms with Gasteiger partial charge in [0, 0.05) is 12.6 Å². The largest absolute Gasteiger partial charge is 0.481 e. The molecule has 1 unspecified atom stereocenters. The highest BCUT2D eigenvalue weighted by Crippen LogP contribution is 2.10. The van der Waals surface area contributed by atoms with Crippen LogP contribution < -0.4 is 5.73 Å². The summed E-state index contributed by atoms with van der Waals surface area (Å²) in [4.78, 5) is 24.2. The van der Waals surface area contributed by atoms with E-state index in [-0.39, 0.29) is 18.4 Å². The van der Waals surface area contributed by atoms with Gasteiger partial charge in [-0.2, -0.15) is 0 Å². The van der Waals surface area contributed by atoms with Crippen molar-refractivity contribution in [1.82, 2.24) is 4.90 Å². The van der Waals surface area contributed by atoms with Gasteiger partial charge in [0.05, 0.1) is 12.5 Å². The van der Waals surface area contributed by atoms with Gasteiger partial charge < -0.3 is 15.7 Å². The highest BCUT2D eigenvalue weighted by Gasteiger charge is 2.25. The van der Waals surface area contributed by atoms with Gasteiger partial charge >= 0.3 is 5.97 Å². The predicted molar refractivity (Wildman–Crippen MR) is 66.5 cm³/mol. The number of carboxylic acids is 1. The molecule has 0 aromatic rings. The summed E-state index contributed by atoms with van der Waals surface area (Å²) in [6.45, 7) is 8.06. The van der Waals surface area contributed by atoms with Crippen LogP contribution in [0.4, 0.5) is 0 Å². The lowest BCUT2D eigenvalue weighted by atomic mass is 10.0. The van der Waals surface area contributed by atoms with E-state index in [1.807, 2.05) is 20.8 Å². The zero-order chi connectivity index (χ0) is 13.6. The third kappa shape index (κ3) is 5.68. The zero-order valence-electron chi connectivity index (χ0n) is 11.1. The van der Waals surface area contributed by atoms with E-state index in [0.29, 0.717) is 18.9 Å². The molecule has 0 aromatic heterocycles. The molecule has 0 fully saturated rings. The van der Waals surface area contributed by atoms with Crippen LogP contribution in [0.1, 0.15) is 40.5 Å². The molecule has 17 heavy (non-hydrogen) atoms. The molecule has 0 spiro atoms. The lowest BCUT2D eigenvalue weighted by molar-refractivity contribution is -0.141. The summed E-state index contributed by atoms with van der Waals surface area (Å²) in [5, 5.41) is 8.72. The number of likely N-dealkylation sites (N-methyl/N-ethyl adjacent to an activating group) is 1. The van der Waals surface area contributed by atoms with Crippen molar-refractivity contribution in [2.45, 2.75) is 52.6 Å². The smallest absolute Gasteiger partial charge is 0.305 e. The Morgan fingerprint density at radius 3 is 2.18 bits per heavy atom. The number of carbonyl (C=O) groups excluding carboxylic acids is 1. The maximum atomic E-state index is 12.0. The van der Waals surface area contributed by atoms with Crippen molar-refractivity contribution in [3.8, 4) is 0 Å². The highest BCUT2D eigenvalue weighted by molar-refractivity contribution is 5.82. The number of carboxylic acid groups (broad SMARTS) is 1. The molecule has 2 atom stereocenters. The standard InChI is InChI=1S/C12H24N2O3/c1-5-14(9(4)7-11(15)16)12(17)10(13)6-8(2)3/h8-10H,5-7,13H2,1-4H3,(H,15,16)/t9?,10-/m0/s1. The third-order valence-corrected chi connectivity index (χ3v) is 2.67. The number of aliphatic carboxylic acids is 1. The molecule has 3 N–H and O–H groups in total. The lowest BCUT2D eigenvalue weighted by Crippen LogP contribution is -2.48. The average molecular weight is 244 g/mol. The van der Waals surface area contributed by atoms with Gasteiger partial charge in [0.1, 0.15) is 0 Å². The molecular formula is C12H24N2O3. The van der Waals surface area contributed by atoms with Gasteiger partial charge in [0.15, 0.2) is 0 Å². The maximum absolute atomic E-state index is 12.0. The molecule has 0 bridgehead atoms. The van der Waals surface area contributed by atoms with Crippen LogP contribution in [0.25, 0.3) is 0 Å². The van der Waals surface area contributed by atoms with Crippen LogP contribution in [-0.4, -0.2) is 40.5 Å². The predicted octanol–water partition coefficient (Wildman–Crippen LogP) is 1.07. The minimum atomic E-state index is -0.902. The second-order valence-corrected chi connectivity index (χ2v) is 4.81. The van der Waals surface area contributed by atoms with Gasteiger partial charge in [0.2, 0.25) is 5.91 Å². The van der Waals surface area contributed by atoms with Gasteiger partial charge in [-0.3, -0.25) is 9.59 Å². The van der Waals surface area contributed by atoms with E-state index < -0.39 is 12.0 Å². The minimum absolute atomic E-state index is 0.0476. The number of nitrogens with zero attached hydrogens (tertiary/aromatic N) is 1. The third-order valence-electron chi connectivity index (χ3n) is 2.67. The first-order valence-electron chi connectivity index (χ1n) is 6.07. The summed E-state index contributed by atoms with van der Waals surface area (Å²) in [5.41, 5.74) is 5.82. The Morgan fingerprint density at radius 1 is 1.29 bits per heavy atom. The first-order valence-corrected chi connectivity index (χ1v) is 6.07. The maximum Gasteiger partial charge on any atom is 0.305 e. The average Bonchev–Trinajstić information content (AvgIpc) is 2.16. The van der Waals surface area contributed by atoms with Crippen LogP contribution in [-0.2, 0) is 9.59 Å². The molecule has 1 amide bonds. The van der Waals surface area contributed by atoms with Crippen LogP contribution in [0.5, 0.6) is 0 Å². The first-order chi connectivity index (χ1) is 7.79. The van der Waals surface area contributed by atoms with Crippen LogP contribution >= 0.6 is 0 Å². The summed E-state index contributed by atoms with van der Waals surface area (Å²) < 4.78 is 0. The van der Waals surface area contributed by atoms with Crippen molar-refractivity contribution in [3.05, 3.63) is 0 Å². The van der Waals surface area contributed by atoms with E-state index in [9.17, 15) is 9.59 Å². The van der Waals surface area contributed by atoms with E-state index in [1.165, 1.54) is 0 Å². The van der Waals surface area contributed by atoms with Crippen molar-refractivity contribution in [2.24, 2.45) is 11.7 Å². The fourth-order valence-electron chi connectivity index (χ4n) is 1.87. The van der Waals surface area contributed by atoms with Crippen molar-refractivity contribution in [3.63, 3.8) is 0 Å². The van der Waals surface area contributed by atoms with Gasteiger partial charge in [-0.25, -0.2) is 0 Å².